The number of carboxylic acid groups (broad SMARTS) is 1. The highest BCUT2D eigenvalue weighted by molar-refractivity contribution is 5.85. The zero-order chi connectivity index (χ0) is 14.7. The highest BCUT2D eigenvalue weighted by Crippen LogP contribution is 2.31. The molecule has 1 aliphatic rings. The number of hydrogen-bond donors (Lipinski definition) is 1. The van der Waals surface area contributed by atoms with Crippen molar-refractivity contribution in [3.8, 4) is 0 Å². The first-order valence-electron chi connectivity index (χ1n) is 7.14. The van der Waals surface area contributed by atoms with Crippen LogP contribution in [0.4, 0.5) is 0 Å². The number of benzene rings is 1. The number of amides is 1. The molecular weight excluding hydrogens is 254 g/mol. The first-order chi connectivity index (χ1) is 9.54. The van der Waals surface area contributed by atoms with Gasteiger partial charge in [0, 0.05) is 13.0 Å². The van der Waals surface area contributed by atoms with Gasteiger partial charge in [0.05, 0.1) is 0 Å². The van der Waals surface area contributed by atoms with Crippen molar-refractivity contribution in [2.75, 3.05) is 6.54 Å². The molecule has 2 rings (SSSR count). The third kappa shape index (κ3) is 2.84. The number of fused-ring (bicyclic) bond motifs is 1. The van der Waals surface area contributed by atoms with Crippen molar-refractivity contribution in [1.29, 1.82) is 0 Å². The van der Waals surface area contributed by atoms with Gasteiger partial charge in [-0.2, -0.15) is 0 Å². The van der Waals surface area contributed by atoms with Crippen LogP contribution in [-0.2, 0) is 16.0 Å². The summed E-state index contributed by atoms with van der Waals surface area (Å²) in [6, 6.07) is 6.67. The molecule has 4 nitrogen and oxygen atoms in total. The van der Waals surface area contributed by atoms with E-state index in [1.807, 2.05) is 38.1 Å². The van der Waals surface area contributed by atoms with Crippen LogP contribution in [0.25, 0.3) is 0 Å². The van der Waals surface area contributed by atoms with E-state index in [-0.39, 0.29) is 11.8 Å². The molecule has 20 heavy (non-hydrogen) atoms. The summed E-state index contributed by atoms with van der Waals surface area (Å²) in [6.45, 7) is 4.55. The SMILES string of the molecule is CC[C@H](C)CC(=O)N1CCc2ccccc2[C@@H]1C(=O)O. The van der Waals surface area contributed by atoms with E-state index in [0.717, 1.165) is 24.0 Å². The second kappa shape index (κ2) is 6.07. The Morgan fingerprint density at radius 3 is 2.75 bits per heavy atom. The average Bonchev–Trinajstić information content (AvgIpc) is 2.45. The van der Waals surface area contributed by atoms with Gasteiger partial charge in [-0.1, -0.05) is 44.5 Å². The zero-order valence-corrected chi connectivity index (χ0v) is 12.0. The van der Waals surface area contributed by atoms with Crippen molar-refractivity contribution in [2.45, 2.75) is 39.2 Å². The summed E-state index contributed by atoms with van der Waals surface area (Å²) < 4.78 is 0. The maximum absolute atomic E-state index is 12.4. The Kier molecular flexibility index (Phi) is 4.42. The Labute approximate surface area is 119 Å². The minimum absolute atomic E-state index is 0.0544. The molecule has 0 aliphatic carbocycles. The van der Waals surface area contributed by atoms with E-state index in [9.17, 15) is 14.7 Å². The van der Waals surface area contributed by atoms with Crippen LogP contribution in [0, 0.1) is 5.92 Å². The number of nitrogens with zero attached hydrogens (tertiary/aromatic N) is 1. The summed E-state index contributed by atoms with van der Waals surface area (Å²) in [4.78, 5) is 25.5. The smallest absolute Gasteiger partial charge is 0.331 e. The highest BCUT2D eigenvalue weighted by atomic mass is 16.4. The van der Waals surface area contributed by atoms with Crippen molar-refractivity contribution in [1.82, 2.24) is 4.90 Å². The lowest BCUT2D eigenvalue weighted by molar-refractivity contribution is -0.151. The Bertz CT molecular complexity index is 512. The van der Waals surface area contributed by atoms with Crippen LogP contribution in [0.5, 0.6) is 0 Å². The van der Waals surface area contributed by atoms with E-state index < -0.39 is 12.0 Å². The lowest BCUT2D eigenvalue weighted by Gasteiger charge is -2.35. The molecule has 0 spiro atoms. The van der Waals surface area contributed by atoms with Crippen LogP contribution >= 0.6 is 0 Å². The zero-order valence-electron chi connectivity index (χ0n) is 12.0. The minimum Gasteiger partial charge on any atom is -0.479 e. The van der Waals surface area contributed by atoms with Crippen LogP contribution in [0.3, 0.4) is 0 Å². The van der Waals surface area contributed by atoms with Gasteiger partial charge in [-0.3, -0.25) is 4.79 Å². The van der Waals surface area contributed by atoms with E-state index in [1.54, 1.807) is 0 Å². The molecule has 1 heterocycles. The topological polar surface area (TPSA) is 57.6 Å². The molecule has 4 heteroatoms. The first-order valence-corrected chi connectivity index (χ1v) is 7.14. The molecule has 0 bridgehead atoms. The maximum Gasteiger partial charge on any atom is 0.331 e. The Hall–Kier alpha value is -1.84. The van der Waals surface area contributed by atoms with E-state index in [0.29, 0.717) is 13.0 Å². The summed E-state index contributed by atoms with van der Waals surface area (Å²) in [7, 11) is 0. The van der Waals surface area contributed by atoms with Crippen molar-refractivity contribution in [2.24, 2.45) is 5.92 Å². The van der Waals surface area contributed by atoms with Crippen LogP contribution in [-0.4, -0.2) is 28.4 Å². The van der Waals surface area contributed by atoms with Crippen molar-refractivity contribution >= 4 is 11.9 Å². The van der Waals surface area contributed by atoms with Gasteiger partial charge in [-0.25, -0.2) is 4.79 Å². The summed E-state index contributed by atoms with van der Waals surface area (Å²) in [6.07, 6.45) is 2.07. The van der Waals surface area contributed by atoms with Gasteiger partial charge >= 0.3 is 5.97 Å². The van der Waals surface area contributed by atoms with E-state index in [4.69, 9.17) is 0 Å². The molecule has 108 valence electrons. The van der Waals surface area contributed by atoms with Crippen LogP contribution < -0.4 is 0 Å². The van der Waals surface area contributed by atoms with E-state index in [1.165, 1.54) is 4.90 Å². The van der Waals surface area contributed by atoms with Crippen LogP contribution in [0.1, 0.15) is 43.9 Å². The van der Waals surface area contributed by atoms with Gasteiger partial charge < -0.3 is 10.0 Å². The molecule has 1 aromatic rings. The molecule has 1 aliphatic heterocycles. The van der Waals surface area contributed by atoms with Crippen molar-refractivity contribution in [3.63, 3.8) is 0 Å². The van der Waals surface area contributed by atoms with Gasteiger partial charge in [0.2, 0.25) is 5.91 Å². The van der Waals surface area contributed by atoms with E-state index >= 15 is 0 Å². The molecule has 0 saturated heterocycles. The van der Waals surface area contributed by atoms with Crippen LogP contribution in [0.15, 0.2) is 24.3 Å². The molecule has 0 radical (unpaired) electrons. The van der Waals surface area contributed by atoms with Gasteiger partial charge in [0.25, 0.3) is 0 Å². The maximum atomic E-state index is 12.4. The number of rotatable bonds is 4. The normalized spacial score (nSPS) is 19.3. The number of carbonyl (C=O) groups is 2. The third-order valence-corrected chi connectivity index (χ3v) is 4.06. The molecular formula is C16H21NO3. The molecule has 1 amide bonds. The summed E-state index contributed by atoms with van der Waals surface area (Å²) in [5.41, 5.74) is 1.79. The first kappa shape index (κ1) is 14.6. The van der Waals surface area contributed by atoms with Gasteiger partial charge in [0.1, 0.15) is 0 Å². The van der Waals surface area contributed by atoms with Gasteiger partial charge in [-0.15, -0.1) is 0 Å². The summed E-state index contributed by atoms with van der Waals surface area (Å²) >= 11 is 0. The molecule has 1 N–H and O–H groups in total. The Morgan fingerprint density at radius 2 is 2.10 bits per heavy atom. The second-order valence-corrected chi connectivity index (χ2v) is 5.49. The molecule has 0 fully saturated rings. The number of aliphatic carboxylic acids is 1. The van der Waals surface area contributed by atoms with Gasteiger partial charge in [0.15, 0.2) is 6.04 Å². The number of carboxylic acids is 1. The Morgan fingerprint density at radius 1 is 1.40 bits per heavy atom. The van der Waals surface area contributed by atoms with E-state index in [2.05, 4.69) is 0 Å². The number of carbonyl (C=O) groups excluding carboxylic acids is 1. The predicted molar refractivity (Wildman–Crippen MR) is 76.3 cm³/mol. The fourth-order valence-corrected chi connectivity index (χ4v) is 2.66. The largest absolute Gasteiger partial charge is 0.479 e. The average molecular weight is 275 g/mol. The molecule has 0 saturated carbocycles. The summed E-state index contributed by atoms with van der Waals surface area (Å²) in [5.74, 6) is -0.718. The highest BCUT2D eigenvalue weighted by Gasteiger charge is 2.35. The standard InChI is InChI=1S/C16H21NO3/c1-3-11(2)10-14(18)17-9-8-12-6-4-5-7-13(12)15(17)16(19)20/h4-7,11,15H,3,8-10H2,1-2H3,(H,19,20)/t11-,15+/m0/s1. The summed E-state index contributed by atoms with van der Waals surface area (Å²) in [5, 5.41) is 9.50. The number of hydrogen-bond acceptors (Lipinski definition) is 2. The lowest BCUT2D eigenvalue weighted by atomic mass is 9.91. The van der Waals surface area contributed by atoms with Crippen LogP contribution in [0.2, 0.25) is 0 Å². The molecule has 2 atom stereocenters. The lowest BCUT2D eigenvalue weighted by Crippen LogP contribution is -2.43. The fraction of sp³-hybridized carbons (Fsp3) is 0.500. The van der Waals surface area contributed by atoms with Gasteiger partial charge in [-0.05, 0) is 23.5 Å². The minimum atomic E-state index is -0.949. The molecule has 0 unspecified atom stereocenters. The third-order valence-electron chi connectivity index (χ3n) is 4.06. The fourth-order valence-electron chi connectivity index (χ4n) is 2.66. The van der Waals surface area contributed by atoms with Crippen molar-refractivity contribution in [3.05, 3.63) is 35.4 Å². The predicted octanol–water partition coefficient (Wildman–Crippen LogP) is 2.63. The van der Waals surface area contributed by atoms with Crippen molar-refractivity contribution < 1.29 is 14.7 Å². The monoisotopic (exact) mass is 275 g/mol. The molecule has 1 aromatic carbocycles. The quantitative estimate of drug-likeness (QED) is 0.919. The second-order valence-electron chi connectivity index (χ2n) is 5.49. The molecule has 0 aromatic heterocycles. The Balaban J connectivity index is 2.27.